The van der Waals surface area contributed by atoms with Crippen LogP contribution in [0.4, 0.5) is 0 Å². The summed E-state index contributed by atoms with van der Waals surface area (Å²) in [4.78, 5) is 22.0. The molecule has 1 N–H and O–H groups in total. The third kappa shape index (κ3) is 5.96. The van der Waals surface area contributed by atoms with Gasteiger partial charge in [0.05, 0.1) is 18.0 Å². The first-order valence-corrected chi connectivity index (χ1v) is 10.2. The molecule has 0 fully saturated rings. The van der Waals surface area contributed by atoms with E-state index in [1.54, 1.807) is 66.5 Å². The van der Waals surface area contributed by atoms with Gasteiger partial charge in [-0.25, -0.2) is 19.0 Å². The van der Waals surface area contributed by atoms with E-state index in [0.717, 1.165) is 11.4 Å². The van der Waals surface area contributed by atoms with Crippen LogP contribution in [-0.4, -0.2) is 43.2 Å². The van der Waals surface area contributed by atoms with E-state index >= 15 is 0 Å². The quantitative estimate of drug-likeness (QED) is 0.413. The zero-order chi connectivity index (χ0) is 23.1. The Morgan fingerprint density at radius 3 is 1.66 bits per heavy atom. The predicted molar refractivity (Wildman–Crippen MR) is 120 cm³/mol. The van der Waals surface area contributed by atoms with Crippen molar-refractivity contribution in [3.8, 4) is 11.4 Å². The van der Waals surface area contributed by atoms with Crippen LogP contribution >= 0.6 is 23.2 Å². The molecular weight excluding hydrogens is 455 g/mol. The van der Waals surface area contributed by atoms with Crippen LogP contribution in [0, 0.1) is 0 Å². The molecule has 0 bridgehead atoms. The van der Waals surface area contributed by atoms with Gasteiger partial charge >= 0.3 is 11.9 Å². The number of carbonyl (C=O) groups is 2. The first kappa shape index (κ1) is 23.1. The number of hydrogen-bond donors (Lipinski definition) is 1. The van der Waals surface area contributed by atoms with E-state index in [1.807, 2.05) is 12.1 Å². The van der Waals surface area contributed by atoms with E-state index in [4.69, 9.17) is 33.0 Å². The molecule has 8 nitrogen and oxygen atoms in total. The number of rotatable bonds is 5. The highest BCUT2D eigenvalue weighted by Crippen LogP contribution is 2.14. The Kier molecular flexibility index (Phi) is 7.64. The van der Waals surface area contributed by atoms with Gasteiger partial charge in [-0.05, 0) is 67.6 Å². The van der Waals surface area contributed by atoms with Crippen molar-refractivity contribution >= 4 is 35.1 Å². The van der Waals surface area contributed by atoms with Crippen molar-refractivity contribution in [1.29, 1.82) is 0 Å². The minimum atomic E-state index is -1.04. The smallest absolute Gasteiger partial charge is 0.358 e. The number of aromatic nitrogens is 4. The molecule has 0 aliphatic heterocycles. The maximum atomic E-state index is 11.4. The second-order valence-electron chi connectivity index (χ2n) is 6.27. The molecule has 4 rings (SSSR count). The van der Waals surface area contributed by atoms with E-state index in [9.17, 15) is 9.59 Å². The Morgan fingerprint density at radius 2 is 1.25 bits per heavy atom. The molecule has 0 saturated heterocycles. The molecule has 0 aliphatic rings. The summed E-state index contributed by atoms with van der Waals surface area (Å²) < 4.78 is 7.95. The number of ether oxygens (including phenoxy) is 1. The van der Waals surface area contributed by atoms with Crippen LogP contribution < -0.4 is 0 Å². The maximum Gasteiger partial charge on any atom is 0.358 e. The Balaban J connectivity index is 0.000000182. The average molecular weight is 473 g/mol. The zero-order valence-electron chi connectivity index (χ0n) is 16.9. The number of hydrogen-bond acceptors (Lipinski definition) is 5. The third-order valence-electron chi connectivity index (χ3n) is 4.06. The molecule has 10 heteroatoms. The number of nitrogens with zero attached hydrogens (tertiary/aromatic N) is 4. The highest BCUT2D eigenvalue weighted by molar-refractivity contribution is 6.30. The van der Waals surface area contributed by atoms with Crippen LogP contribution in [0.1, 0.15) is 27.9 Å². The summed E-state index contributed by atoms with van der Waals surface area (Å²) in [5, 5.41) is 18.0. The molecular formula is C22H18Cl2N4O4. The molecule has 2 heterocycles. The lowest BCUT2D eigenvalue weighted by Gasteiger charge is -2.01. The van der Waals surface area contributed by atoms with Gasteiger partial charge in [-0.15, -0.1) is 0 Å². The number of aromatic carboxylic acids is 1. The summed E-state index contributed by atoms with van der Waals surface area (Å²) in [6.07, 6.45) is 3.29. The summed E-state index contributed by atoms with van der Waals surface area (Å²) >= 11 is 11.5. The van der Waals surface area contributed by atoms with Gasteiger partial charge in [0.15, 0.2) is 11.4 Å². The van der Waals surface area contributed by atoms with E-state index in [0.29, 0.717) is 22.3 Å². The number of carbonyl (C=O) groups excluding carboxylic acids is 1. The fourth-order valence-electron chi connectivity index (χ4n) is 2.55. The lowest BCUT2D eigenvalue weighted by Crippen LogP contribution is -2.06. The van der Waals surface area contributed by atoms with E-state index < -0.39 is 11.9 Å². The number of carboxylic acid groups (broad SMARTS) is 1. The normalized spacial score (nSPS) is 10.2. The van der Waals surface area contributed by atoms with Crippen LogP contribution in [0.3, 0.4) is 0 Å². The largest absolute Gasteiger partial charge is 0.476 e. The Bertz CT molecular complexity index is 1200. The number of esters is 1. The molecule has 0 aliphatic carbocycles. The Hall–Kier alpha value is -3.62. The van der Waals surface area contributed by atoms with Gasteiger partial charge in [-0.2, -0.15) is 10.2 Å². The van der Waals surface area contributed by atoms with Gasteiger partial charge in [0.1, 0.15) is 0 Å². The summed E-state index contributed by atoms with van der Waals surface area (Å²) in [7, 11) is 0. The second kappa shape index (κ2) is 10.6. The number of carboxylic acids is 1. The van der Waals surface area contributed by atoms with Gasteiger partial charge < -0.3 is 9.84 Å². The van der Waals surface area contributed by atoms with Crippen molar-refractivity contribution in [2.24, 2.45) is 0 Å². The Labute approximate surface area is 193 Å². The summed E-state index contributed by atoms with van der Waals surface area (Å²) in [5.41, 5.74) is 1.92. The molecule has 2 aromatic heterocycles. The summed E-state index contributed by atoms with van der Waals surface area (Å²) in [6.45, 7) is 2.10. The minimum absolute atomic E-state index is 0.0185. The molecule has 32 heavy (non-hydrogen) atoms. The van der Waals surface area contributed by atoms with Crippen molar-refractivity contribution in [3.63, 3.8) is 0 Å². The highest BCUT2D eigenvalue weighted by Gasteiger charge is 2.10. The highest BCUT2D eigenvalue weighted by atomic mass is 35.5. The second-order valence-corrected chi connectivity index (χ2v) is 7.14. The van der Waals surface area contributed by atoms with Gasteiger partial charge in [0.2, 0.25) is 0 Å². The first-order chi connectivity index (χ1) is 15.4. The van der Waals surface area contributed by atoms with Crippen molar-refractivity contribution in [3.05, 3.63) is 94.5 Å². The van der Waals surface area contributed by atoms with Gasteiger partial charge in [0.25, 0.3) is 0 Å². The van der Waals surface area contributed by atoms with Crippen LogP contribution in [0.15, 0.2) is 73.1 Å². The van der Waals surface area contributed by atoms with E-state index in [2.05, 4.69) is 10.2 Å². The standard InChI is InChI=1S/C12H11ClN2O2.C10H7ClN2O2/c1-2-17-12(16)11-7-8-15(14-11)10-5-3-9(13)4-6-10;11-7-1-3-8(4-2-7)13-6-5-9(12-13)10(14)15/h3-8H,2H2,1H3;1-6H,(H,14,15). The predicted octanol–water partition coefficient (Wildman–Crippen LogP) is 4.93. The molecule has 0 radical (unpaired) electrons. The monoisotopic (exact) mass is 472 g/mol. The Morgan fingerprint density at radius 1 is 0.812 bits per heavy atom. The summed E-state index contributed by atoms with van der Waals surface area (Å²) in [5.74, 6) is -1.46. The summed E-state index contributed by atoms with van der Waals surface area (Å²) in [6, 6.07) is 17.2. The SMILES string of the molecule is CCOC(=O)c1ccn(-c2ccc(Cl)cc2)n1.O=C(O)c1ccn(-c2ccc(Cl)cc2)n1. The number of benzene rings is 2. The molecule has 0 spiro atoms. The van der Waals surface area contributed by atoms with Crippen LogP contribution in [0.25, 0.3) is 11.4 Å². The molecule has 2 aromatic carbocycles. The number of halogens is 2. The third-order valence-corrected chi connectivity index (χ3v) is 4.57. The average Bonchev–Trinajstić information content (AvgIpc) is 3.46. The molecule has 0 saturated carbocycles. The lowest BCUT2D eigenvalue weighted by atomic mass is 10.3. The van der Waals surface area contributed by atoms with Crippen molar-refractivity contribution in [2.45, 2.75) is 6.92 Å². The topological polar surface area (TPSA) is 99.2 Å². The van der Waals surface area contributed by atoms with Gasteiger partial charge in [-0.1, -0.05) is 23.2 Å². The van der Waals surface area contributed by atoms with Crippen LogP contribution in [-0.2, 0) is 4.74 Å². The fourth-order valence-corrected chi connectivity index (χ4v) is 2.80. The fraction of sp³-hybridized carbons (Fsp3) is 0.0909. The molecule has 0 unspecified atom stereocenters. The van der Waals surface area contributed by atoms with Crippen LogP contribution in [0.2, 0.25) is 10.0 Å². The van der Waals surface area contributed by atoms with Gasteiger partial charge in [-0.3, -0.25) is 0 Å². The first-order valence-electron chi connectivity index (χ1n) is 9.41. The minimum Gasteiger partial charge on any atom is -0.476 e. The molecule has 0 atom stereocenters. The van der Waals surface area contributed by atoms with Crippen LogP contribution in [0.5, 0.6) is 0 Å². The van der Waals surface area contributed by atoms with Crippen molar-refractivity contribution in [2.75, 3.05) is 6.61 Å². The maximum absolute atomic E-state index is 11.4. The van der Waals surface area contributed by atoms with E-state index in [-0.39, 0.29) is 5.69 Å². The lowest BCUT2D eigenvalue weighted by molar-refractivity contribution is 0.0518. The van der Waals surface area contributed by atoms with Crippen molar-refractivity contribution < 1.29 is 19.4 Å². The van der Waals surface area contributed by atoms with Gasteiger partial charge in [0, 0.05) is 22.4 Å². The molecule has 164 valence electrons. The molecule has 0 amide bonds. The van der Waals surface area contributed by atoms with E-state index in [1.165, 1.54) is 10.7 Å². The van der Waals surface area contributed by atoms with Crippen molar-refractivity contribution in [1.82, 2.24) is 19.6 Å². The zero-order valence-corrected chi connectivity index (χ0v) is 18.4. The molecule has 4 aromatic rings.